The molecule has 8 nitrogen and oxygen atoms in total. The Kier molecular flexibility index (Phi) is 5.40. The van der Waals surface area contributed by atoms with Crippen molar-refractivity contribution in [2.45, 2.75) is 17.9 Å². The predicted octanol–water partition coefficient (Wildman–Crippen LogP) is 1.22. The van der Waals surface area contributed by atoms with Crippen LogP contribution in [0.4, 0.5) is 5.69 Å². The highest BCUT2D eigenvalue weighted by Crippen LogP contribution is 2.18. The quantitative estimate of drug-likeness (QED) is 0.683. The normalized spacial score (nSPS) is 12.2. The molecule has 0 heterocycles. The lowest BCUT2D eigenvalue weighted by Crippen LogP contribution is -2.30. The molecule has 0 spiro atoms. The van der Waals surface area contributed by atoms with Gasteiger partial charge in [0.2, 0.25) is 10.0 Å². The smallest absolute Gasteiger partial charge is 0.342 e. The minimum absolute atomic E-state index is 0.0710. The van der Waals surface area contributed by atoms with E-state index in [2.05, 4.69) is 5.32 Å². The number of para-hydroxylation sites is 1. The van der Waals surface area contributed by atoms with E-state index in [1.807, 2.05) is 0 Å². The SMILES string of the molecule is C[C@H](OC(=O)c1ccccc1O)C(=O)Nc1cccc(S(N)(=O)=O)c1. The van der Waals surface area contributed by atoms with Crippen LogP contribution in [-0.2, 0) is 19.6 Å². The van der Waals surface area contributed by atoms with Crippen LogP contribution in [0.1, 0.15) is 17.3 Å². The zero-order valence-electron chi connectivity index (χ0n) is 13.2. The standard InChI is InChI=1S/C16H16N2O6S/c1-10(24-16(21)13-7-2-3-8-14(13)19)15(20)18-11-5-4-6-12(9-11)25(17,22)23/h2-10,19H,1H3,(H,18,20)(H2,17,22,23)/t10-/m0/s1. The third-order valence-electron chi connectivity index (χ3n) is 3.21. The fourth-order valence-electron chi connectivity index (χ4n) is 1.92. The Labute approximate surface area is 144 Å². The van der Waals surface area contributed by atoms with Crippen LogP contribution in [0.5, 0.6) is 5.75 Å². The Hall–Kier alpha value is -2.91. The van der Waals surface area contributed by atoms with E-state index in [0.29, 0.717) is 0 Å². The van der Waals surface area contributed by atoms with Gasteiger partial charge in [0.05, 0.1) is 4.90 Å². The van der Waals surface area contributed by atoms with Gasteiger partial charge >= 0.3 is 5.97 Å². The Morgan fingerprint density at radius 1 is 1.16 bits per heavy atom. The Balaban J connectivity index is 2.06. The first-order valence-electron chi connectivity index (χ1n) is 7.11. The van der Waals surface area contributed by atoms with Gasteiger partial charge in [-0.1, -0.05) is 18.2 Å². The van der Waals surface area contributed by atoms with E-state index >= 15 is 0 Å². The van der Waals surface area contributed by atoms with Crippen LogP contribution < -0.4 is 10.5 Å². The van der Waals surface area contributed by atoms with Crippen LogP contribution in [0.2, 0.25) is 0 Å². The molecule has 0 bridgehead atoms. The molecule has 0 radical (unpaired) electrons. The number of benzene rings is 2. The van der Waals surface area contributed by atoms with Crippen molar-refractivity contribution in [3.8, 4) is 5.75 Å². The largest absolute Gasteiger partial charge is 0.507 e. The molecule has 4 N–H and O–H groups in total. The van der Waals surface area contributed by atoms with E-state index in [-0.39, 0.29) is 21.9 Å². The third kappa shape index (κ3) is 4.78. The van der Waals surface area contributed by atoms with Gasteiger partial charge < -0.3 is 15.2 Å². The van der Waals surface area contributed by atoms with Crippen molar-refractivity contribution in [2.75, 3.05) is 5.32 Å². The van der Waals surface area contributed by atoms with Gasteiger partial charge in [-0.25, -0.2) is 18.4 Å². The summed E-state index contributed by atoms with van der Waals surface area (Å²) < 4.78 is 27.6. The lowest BCUT2D eigenvalue weighted by Gasteiger charge is -2.14. The number of sulfonamides is 1. The Morgan fingerprint density at radius 2 is 1.84 bits per heavy atom. The highest BCUT2D eigenvalue weighted by Gasteiger charge is 2.21. The molecule has 1 amide bonds. The third-order valence-corrected chi connectivity index (χ3v) is 4.12. The molecular formula is C16H16N2O6S. The minimum Gasteiger partial charge on any atom is -0.507 e. The number of phenolic OH excluding ortho intramolecular Hbond substituents is 1. The molecule has 0 saturated heterocycles. The summed E-state index contributed by atoms with van der Waals surface area (Å²) in [5, 5.41) is 17.1. The molecule has 25 heavy (non-hydrogen) atoms. The summed E-state index contributed by atoms with van der Waals surface area (Å²) in [6, 6.07) is 11.1. The van der Waals surface area contributed by atoms with Crippen molar-refractivity contribution >= 4 is 27.6 Å². The molecule has 2 rings (SSSR count). The zero-order chi connectivity index (χ0) is 18.6. The molecule has 1 atom stereocenters. The second kappa shape index (κ2) is 7.32. The van der Waals surface area contributed by atoms with E-state index < -0.39 is 28.0 Å². The van der Waals surface area contributed by atoms with Crippen molar-refractivity contribution in [1.29, 1.82) is 0 Å². The molecular weight excluding hydrogens is 348 g/mol. The zero-order valence-corrected chi connectivity index (χ0v) is 14.0. The number of rotatable bonds is 5. The number of carbonyl (C=O) groups is 2. The maximum absolute atomic E-state index is 12.1. The summed E-state index contributed by atoms with van der Waals surface area (Å²) in [4.78, 5) is 23.9. The lowest BCUT2D eigenvalue weighted by atomic mass is 10.2. The Bertz CT molecular complexity index is 910. The van der Waals surface area contributed by atoms with Gasteiger partial charge in [-0.2, -0.15) is 0 Å². The van der Waals surface area contributed by atoms with Gasteiger partial charge in [-0.15, -0.1) is 0 Å². The number of nitrogens with two attached hydrogens (primary N) is 1. The highest BCUT2D eigenvalue weighted by atomic mass is 32.2. The molecule has 0 saturated carbocycles. The molecule has 0 aromatic heterocycles. The van der Waals surface area contributed by atoms with Crippen LogP contribution in [0.15, 0.2) is 53.4 Å². The number of aromatic hydroxyl groups is 1. The number of carbonyl (C=O) groups excluding carboxylic acids is 2. The van der Waals surface area contributed by atoms with Gasteiger partial charge in [0, 0.05) is 5.69 Å². The van der Waals surface area contributed by atoms with Crippen molar-refractivity contribution in [2.24, 2.45) is 5.14 Å². The first kappa shape index (κ1) is 18.4. The van der Waals surface area contributed by atoms with Gasteiger partial charge in [0.1, 0.15) is 11.3 Å². The molecule has 2 aromatic rings. The van der Waals surface area contributed by atoms with Crippen LogP contribution >= 0.6 is 0 Å². The summed E-state index contributed by atoms with van der Waals surface area (Å²) >= 11 is 0. The predicted molar refractivity (Wildman–Crippen MR) is 89.4 cm³/mol. The van der Waals surface area contributed by atoms with Gasteiger partial charge in [0.25, 0.3) is 5.91 Å². The van der Waals surface area contributed by atoms with E-state index in [0.717, 1.165) is 0 Å². The highest BCUT2D eigenvalue weighted by molar-refractivity contribution is 7.89. The van der Waals surface area contributed by atoms with Gasteiger partial charge in [0.15, 0.2) is 6.10 Å². The van der Waals surface area contributed by atoms with Crippen molar-refractivity contribution in [3.05, 3.63) is 54.1 Å². The molecule has 0 fully saturated rings. The number of primary sulfonamides is 1. The average Bonchev–Trinajstić information content (AvgIpc) is 2.54. The van der Waals surface area contributed by atoms with Crippen LogP contribution in [0.3, 0.4) is 0 Å². The molecule has 0 aliphatic heterocycles. The second-order valence-corrected chi connectivity index (χ2v) is 6.69. The topological polar surface area (TPSA) is 136 Å². The van der Waals surface area contributed by atoms with E-state index in [1.54, 1.807) is 12.1 Å². The molecule has 2 aromatic carbocycles. The fraction of sp³-hybridized carbons (Fsp3) is 0.125. The van der Waals surface area contributed by atoms with E-state index in [1.165, 1.54) is 43.3 Å². The summed E-state index contributed by atoms with van der Waals surface area (Å²) in [6.45, 7) is 1.34. The number of ether oxygens (including phenoxy) is 1. The van der Waals surface area contributed by atoms with E-state index in [4.69, 9.17) is 9.88 Å². The van der Waals surface area contributed by atoms with Crippen molar-refractivity contribution in [3.63, 3.8) is 0 Å². The van der Waals surface area contributed by atoms with Crippen molar-refractivity contribution < 1.29 is 27.9 Å². The monoisotopic (exact) mass is 364 g/mol. The van der Waals surface area contributed by atoms with Gasteiger partial charge in [-0.3, -0.25) is 4.79 Å². The van der Waals surface area contributed by atoms with Crippen LogP contribution in [0.25, 0.3) is 0 Å². The first-order valence-corrected chi connectivity index (χ1v) is 8.66. The number of amides is 1. The first-order chi connectivity index (χ1) is 11.7. The van der Waals surface area contributed by atoms with Gasteiger partial charge in [-0.05, 0) is 37.3 Å². The lowest BCUT2D eigenvalue weighted by molar-refractivity contribution is -0.123. The van der Waals surface area contributed by atoms with E-state index in [9.17, 15) is 23.1 Å². The number of anilines is 1. The maximum atomic E-state index is 12.1. The summed E-state index contributed by atoms with van der Waals surface area (Å²) in [6.07, 6.45) is -1.18. The Morgan fingerprint density at radius 3 is 2.48 bits per heavy atom. The molecule has 0 unspecified atom stereocenters. The van der Waals surface area contributed by atoms with Crippen molar-refractivity contribution in [1.82, 2.24) is 0 Å². The minimum atomic E-state index is -3.91. The van der Waals surface area contributed by atoms with Crippen LogP contribution in [0, 0.1) is 0 Å². The molecule has 9 heteroatoms. The summed E-state index contributed by atoms with van der Waals surface area (Å²) in [5.41, 5.74) is 0.111. The number of nitrogens with one attached hydrogen (secondary N) is 1. The average molecular weight is 364 g/mol. The number of esters is 1. The number of hydrogen-bond donors (Lipinski definition) is 3. The second-order valence-electron chi connectivity index (χ2n) is 5.13. The number of hydrogen-bond acceptors (Lipinski definition) is 6. The maximum Gasteiger partial charge on any atom is 0.342 e. The molecule has 132 valence electrons. The number of phenols is 1. The summed E-state index contributed by atoms with van der Waals surface area (Å²) in [7, 11) is -3.91. The molecule has 0 aliphatic rings. The fourth-order valence-corrected chi connectivity index (χ4v) is 2.48. The van der Waals surface area contributed by atoms with Crippen LogP contribution in [-0.4, -0.2) is 31.5 Å². The molecule has 0 aliphatic carbocycles. The summed E-state index contributed by atoms with van der Waals surface area (Å²) in [5.74, 6) is -1.80.